The number of carbonyl (C=O) groups is 1. The van der Waals surface area contributed by atoms with Crippen molar-refractivity contribution in [3.63, 3.8) is 0 Å². The van der Waals surface area contributed by atoms with E-state index in [0.29, 0.717) is 23.7 Å². The van der Waals surface area contributed by atoms with E-state index in [1.54, 1.807) is 19.2 Å². The molecule has 1 unspecified atom stereocenters. The summed E-state index contributed by atoms with van der Waals surface area (Å²) in [5.74, 6) is 0.528. The van der Waals surface area contributed by atoms with Gasteiger partial charge in [-0.3, -0.25) is 18.7 Å². The number of fused-ring (bicyclic) bond motifs is 1. The van der Waals surface area contributed by atoms with Crippen molar-refractivity contribution in [1.82, 2.24) is 9.13 Å². The number of hydrogen-bond donors (Lipinski definition) is 1. The lowest BCUT2D eigenvalue weighted by atomic mass is 9.86. The highest BCUT2D eigenvalue weighted by atomic mass is 16.5. The minimum atomic E-state index is -0.508. The van der Waals surface area contributed by atoms with Crippen LogP contribution in [0.5, 0.6) is 11.5 Å². The van der Waals surface area contributed by atoms with E-state index in [0.717, 1.165) is 15.7 Å². The van der Waals surface area contributed by atoms with E-state index in [4.69, 9.17) is 9.47 Å². The number of hydrogen-bond acceptors (Lipinski definition) is 5. The molecular formula is C23H23N3O5. The Morgan fingerprint density at radius 1 is 1.00 bits per heavy atom. The summed E-state index contributed by atoms with van der Waals surface area (Å²) in [6.07, 6.45) is 0.0911. The minimum Gasteiger partial charge on any atom is -0.493 e. The van der Waals surface area contributed by atoms with Gasteiger partial charge in [0, 0.05) is 26.4 Å². The molecule has 1 amide bonds. The highest BCUT2D eigenvalue weighted by molar-refractivity contribution is 5.94. The molecule has 1 aromatic heterocycles. The van der Waals surface area contributed by atoms with Crippen molar-refractivity contribution in [1.29, 1.82) is 0 Å². The number of nitrogens with one attached hydrogen (secondary N) is 1. The van der Waals surface area contributed by atoms with E-state index in [1.807, 2.05) is 36.4 Å². The second-order valence-electron chi connectivity index (χ2n) is 7.46. The van der Waals surface area contributed by atoms with Crippen LogP contribution in [0.3, 0.4) is 0 Å². The lowest BCUT2D eigenvalue weighted by Crippen LogP contribution is -2.44. The predicted molar refractivity (Wildman–Crippen MR) is 116 cm³/mol. The Labute approximate surface area is 178 Å². The molecule has 8 nitrogen and oxygen atoms in total. The summed E-state index contributed by atoms with van der Waals surface area (Å²) in [7, 11) is 4.50. The molecule has 0 saturated carbocycles. The average molecular weight is 421 g/mol. The number of nitrogens with zero attached hydrogens (tertiary/aromatic N) is 2. The minimum absolute atomic E-state index is 0.0911. The molecule has 0 aliphatic carbocycles. The van der Waals surface area contributed by atoms with Crippen molar-refractivity contribution < 1.29 is 14.3 Å². The molecule has 2 aromatic carbocycles. The van der Waals surface area contributed by atoms with Crippen LogP contribution < -0.4 is 26.0 Å². The number of ether oxygens (including phenoxy) is 2. The third-order valence-electron chi connectivity index (χ3n) is 5.52. The zero-order valence-corrected chi connectivity index (χ0v) is 17.5. The summed E-state index contributed by atoms with van der Waals surface area (Å²) in [5, 5.41) is 2.67. The van der Waals surface area contributed by atoms with Gasteiger partial charge in [-0.15, -0.1) is 0 Å². The van der Waals surface area contributed by atoms with Gasteiger partial charge in [0.1, 0.15) is 12.4 Å². The van der Waals surface area contributed by atoms with Gasteiger partial charge in [0.15, 0.2) is 11.5 Å². The van der Waals surface area contributed by atoms with Crippen LogP contribution >= 0.6 is 0 Å². The summed E-state index contributed by atoms with van der Waals surface area (Å²) >= 11 is 0. The van der Waals surface area contributed by atoms with Gasteiger partial charge in [-0.05, 0) is 23.3 Å². The topological polar surface area (TPSA) is 91.6 Å². The first kappa shape index (κ1) is 20.5. The normalized spacial score (nSPS) is 15.2. The molecule has 0 fully saturated rings. The third kappa shape index (κ3) is 3.72. The van der Waals surface area contributed by atoms with E-state index in [2.05, 4.69) is 5.32 Å². The lowest BCUT2D eigenvalue weighted by molar-refractivity contribution is -0.116. The fourth-order valence-corrected chi connectivity index (χ4v) is 3.85. The summed E-state index contributed by atoms with van der Waals surface area (Å²) in [6.45, 7) is 0.383. The Bertz CT molecular complexity index is 1260. The maximum atomic E-state index is 12.9. The van der Waals surface area contributed by atoms with Crippen molar-refractivity contribution in [2.45, 2.75) is 18.9 Å². The molecule has 3 aromatic rings. The van der Waals surface area contributed by atoms with Crippen LogP contribution in [-0.4, -0.2) is 22.2 Å². The highest BCUT2D eigenvalue weighted by Crippen LogP contribution is 2.38. The molecule has 0 saturated heterocycles. The van der Waals surface area contributed by atoms with Gasteiger partial charge < -0.3 is 14.8 Å². The first-order valence-corrected chi connectivity index (χ1v) is 9.85. The second-order valence-corrected chi connectivity index (χ2v) is 7.46. The summed E-state index contributed by atoms with van der Waals surface area (Å²) < 4.78 is 13.8. The Hall–Kier alpha value is -3.81. The van der Waals surface area contributed by atoms with E-state index in [1.165, 1.54) is 18.7 Å². The predicted octanol–water partition coefficient (Wildman–Crippen LogP) is 2.15. The Kier molecular flexibility index (Phi) is 5.37. The smallest absolute Gasteiger partial charge is 0.332 e. The largest absolute Gasteiger partial charge is 0.493 e. The number of methoxy groups -OCH3 is 1. The number of amides is 1. The zero-order valence-electron chi connectivity index (χ0n) is 17.5. The summed E-state index contributed by atoms with van der Waals surface area (Å²) in [6, 6.07) is 15.1. The van der Waals surface area contributed by atoms with Crippen molar-refractivity contribution in [3.05, 3.63) is 86.1 Å². The quantitative estimate of drug-likeness (QED) is 0.682. The maximum Gasteiger partial charge on any atom is 0.332 e. The standard InChI is InChI=1S/C23H23N3O5/c1-25-21-20(22(28)26(2)23(25)29)16(12-19(27)24-21)15-9-10-17(18(11-15)30-3)31-13-14-7-5-4-6-8-14/h4-11,16H,12-13H2,1-3H3,(H,24,27). The van der Waals surface area contributed by atoms with Gasteiger partial charge in [-0.1, -0.05) is 36.4 Å². The van der Waals surface area contributed by atoms with E-state index < -0.39 is 17.2 Å². The molecule has 1 N–H and O–H groups in total. The molecule has 31 heavy (non-hydrogen) atoms. The molecule has 0 bridgehead atoms. The fourth-order valence-electron chi connectivity index (χ4n) is 3.85. The molecule has 1 aliphatic heterocycles. The van der Waals surface area contributed by atoms with Crippen molar-refractivity contribution in [2.24, 2.45) is 14.1 Å². The number of aromatic nitrogens is 2. The molecule has 8 heteroatoms. The maximum absolute atomic E-state index is 12.9. The zero-order chi connectivity index (χ0) is 22.1. The molecule has 160 valence electrons. The summed E-state index contributed by atoms with van der Waals surface area (Å²) in [4.78, 5) is 37.5. The Morgan fingerprint density at radius 2 is 1.74 bits per heavy atom. The van der Waals surface area contributed by atoms with E-state index >= 15 is 0 Å². The van der Waals surface area contributed by atoms with Crippen LogP contribution in [0.15, 0.2) is 58.1 Å². The number of anilines is 1. The van der Waals surface area contributed by atoms with E-state index in [-0.39, 0.29) is 18.1 Å². The molecule has 2 heterocycles. The SMILES string of the molecule is COc1cc(C2CC(=O)Nc3c2c(=O)n(C)c(=O)n3C)ccc1OCc1ccccc1. The van der Waals surface area contributed by atoms with Crippen LogP contribution in [0.2, 0.25) is 0 Å². The van der Waals surface area contributed by atoms with Crippen LogP contribution in [0.1, 0.15) is 29.0 Å². The van der Waals surface area contributed by atoms with Gasteiger partial charge in [0.2, 0.25) is 5.91 Å². The Balaban J connectivity index is 1.73. The highest BCUT2D eigenvalue weighted by Gasteiger charge is 2.32. The molecule has 1 aliphatic rings. The molecule has 4 rings (SSSR count). The first-order chi connectivity index (χ1) is 14.9. The second kappa shape index (κ2) is 8.14. The van der Waals surface area contributed by atoms with Crippen LogP contribution in [0.25, 0.3) is 0 Å². The van der Waals surface area contributed by atoms with E-state index in [9.17, 15) is 14.4 Å². The third-order valence-corrected chi connectivity index (χ3v) is 5.52. The van der Waals surface area contributed by atoms with Crippen LogP contribution in [0.4, 0.5) is 5.82 Å². The average Bonchev–Trinajstić information content (AvgIpc) is 2.80. The van der Waals surface area contributed by atoms with Crippen molar-refractivity contribution in [3.8, 4) is 11.5 Å². The molecule has 0 radical (unpaired) electrons. The molecular weight excluding hydrogens is 398 g/mol. The monoisotopic (exact) mass is 421 g/mol. The molecule has 0 spiro atoms. The van der Waals surface area contributed by atoms with Gasteiger partial charge in [-0.25, -0.2) is 4.79 Å². The number of rotatable bonds is 5. The fraction of sp³-hybridized carbons (Fsp3) is 0.261. The van der Waals surface area contributed by atoms with Crippen LogP contribution in [0, 0.1) is 0 Å². The van der Waals surface area contributed by atoms with Gasteiger partial charge in [0.25, 0.3) is 5.56 Å². The van der Waals surface area contributed by atoms with Crippen LogP contribution in [-0.2, 0) is 25.5 Å². The van der Waals surface area contributed by atoms with Crippen molar-refractivity contribution in [2.75, 3.05) is 12.4 Å². The first-order valence-electron chi connectivity index (χ1n) is 9.85. The number of carbonyl (C=O) groups excluding carboxylic acids is 1. The molecule has 1 atom stereocenters. The van der Waals surface area contributed by atoms with Gasteiger partial charge >= 0.3 is 5.69 Å². The van der Waals surface area contributed by atoms with Gasteiger partial charge in [0.05, 0.1) is 12.7 Å². The lowest BCUT2D eigenvalue weighted by Gasteiger charge is -2.27. The van der Waals surface area contributed by atoms with Crippen molar-refractivity contribution >= 4 is 11.7 Å². The Morgan fingerprint density at radius 3 is 2.45 bits per heavy atom. The summed E-state index contributed by atoms with van der Waals surface area (Å²) in [5.41, 5.74) is 1.22. The van der Waals surface area contributed by atoms with Gasteiger partial charge in [-0.2, -0.15) is 0 Å². The number of benzene rings is 2.